The summed E-state index contributed by atoms with van der Waals surface area (Å²) in [5, 5.41) is 3.37. The Morgan fingerprint density at radius 1 is 1.18 bits per heavy atom. The van der Waals surface area contributed by atoms with Crippen molar-refractivity contribution in [3.63, 3.8) is 0 Å². The van der Waals surface area contributed by atoms with Crippen LogP contribution in [-0.2, 0) is 4.74 Å². The van der Waals surface area contributed by atoms with Crippen LogP contribution in [0.5, 0.6) is 0 Å². The average molecular weight is 237 g/mol. The van der Waals surface area contributed by atoms with Crippen LogP contribution in [0, 0.1) is 17.8 Å². The number of methoxy groups -OCH3 is 1. The molecule has 0 spiro atoms. The van der Waals surface area contributed by atoms with E-state index in [1.807, 2.05) is 0 Å². The van der Waals surface area contributed by atoms with Gasteiger partial charge in [0.25, 0.3) is 0 Å². The number of ether oxygens (including phenoxy) is 1. The van der Waals surface area contributed by atoms with Crippen molar-refractivity contribution in [2.45, 2.75) is 38.5 Å². The van der Waals surface area contributed by atoms with Crippen LogP contribution in [0.25, 0.3) is 0 Å². The maximum atomic E-state index is 4.98. The molecule has 0 saturated heterocycles. The van der Waals surface area contributed by atoms with Crippen molar-refractivity contribution in [2.24, 2.45) is 17.8 Å². The Balaban J connectivity index is 1.48. The predicted octanol–water partition coefficient (Wildman–Crippen LogP) is 3.00. The SMILES string of the molecule is COCCNCCC=CCC1CC2CCC1C2. The normalized spacial score (nSPS) is 31.7. The Hall–Kier alpha value is -0.340. The summed E-state index contributed by atoms with van der Waals surface area (Å²) in [6.45, 7) is 2.86. The van der Waals surface area contributed by atoms with Crippen LogP contribution in [0.2, 0.25) is 0 Å². The van der Waals surface area contributed by atoms with Crippen LogP contribution in [0.3, 0.4) is 0 Å². The number of rotatable bonds is 8. The van der Waals surface area contributed by atoms with Crippen LogP contribution in [0.15, 0.2) is 12.2 Å². The lowest BCUT2D eigenvalue weighted by Crippen LogP contribution is -2.19. The number of nitrogens with one attached hydrogen (secondary N) is 1. The maximum Gasteiger partial charge on any atom is 0.0587 e. The minimum absolute atomic E-state index is 0.814. The summed E-state index contributed by atoms with van der Waals surface area (Å²) in [6, 6.07) is 0. The zero-order valence-electron chi connectivity index (χ0n) is 11.2. The molecule has 98 valence electrons. The van der Waals surface area contributed by atoms with Crippen molar-refractivity contribution in [3.05, 3.63) is 12.2 Å². The largest absolute Gasteiger partial charge is 0.383 e. The standard InChI is InChI=1S/C15H27NO/c1-17-10-9-16-8-4-2-3-5-14-11-13-6-7-15(14)12-13/h2-3,13-16H,4-12H2,1H3. The molecule has 2 aliphatic carbocycles. The zero-order valence-corrected chi connectivity index (χ0v) is 11.2. The van der Waals surface area contributed by atoms with E-state index in [2.05, 4.69) is 17.5 Å². The summed E-state index contributed by atoms with van der Waals surface area (Å²) in [4.78, 5) is 0. The molecule has 2 bridgehead atoms. The summed E-state index contributed by atoms with van der Waals surface area (Å²) in [6.07, 6.45) is 13.4. The van der Waals surface area contributed by atoms with Gasteiger partial charge in [0.2, 0.25) is 0 Å². The molecule has 17 heavy (non-hydrogen) atoms. The van der Waals surface area contributed by atoms with Gasteiger partial charge in [0.15, 0.2) is 0 Å². The first-order chi connectivity index (χ1) is 8.40. The second-order valence-corrected chi connectivity index (χ2v) is 5.67. The van der Waals surface area contributed by atoms with Gasteiger partial charge in [-0.2, -0.15) is 0 Å². The molecular formula is C15H27NO. The van der Waals surface area contributed by atoms with Gasteiger partial charge in [0, 0.05) is 13.7 Å². The topological polar surface area (TPSA) is 21.3 Å². The number of allylic oxidation sites excluding steroid dienone is 1. The van der Waals surface area contributed by atoms with E-state index in [0.717, 1.165) is 43.9 Å². The van der Waals surface area contributed by atoms with Crippen molar-refractivity contribution in [1.82, 2.24) is 5.32 Å². The maximum absolute atomic E-state index is 4.98. The molecule has 3 atom stereocenters. The van der Waals surface area contributed by atoms with Crippen molar-refractivity contribution in [3.8, 4) is 0 Å². The molecule has 2 aliphatic rings. The van der Waals surface area contributed by atoms with E-state index in [-0.39, 0.29) is 0 Å². The molecule has 2 rings (SSSR count). The highest BCUT2D eigenvalue weighted by Crippen LogP contribution is 2.49. The fourth-order valence-electron chi connectivity index (χ4n) is 3.54. The van der Waals surface area contributed by atoms with Crippen molar-refractivity contribution in [1.29, 1.82) is 0 Å². The molecule has 0 aliphatic heterocycles. The molecule has 1 N–H and O–H groups in total. The van der Waals surface area contributed by atoms with E-state index in [9.17, 15) is 0 Å². The Kier molecular flexibility index (Phi) is 5.53. The van der Waals surface area contributed by atoms with Crippen LogP contribution in [-0.4, -0.2) is 26.8 Å². The van der Waals surface area contributed by atoms with E-state index in [4.69, 9.17) is 4.74 Å². The number of fused-ring (bicyclic) bond motifs is 2. The second-order valence-electron chi connectivity index (χ2n) is 5.67. The van der Waals surface area contributed by atoms with Crippen LogP contribution in [0.1, 0.15) is 38.5 Å². The third-order valence-electron chi connectivity index (χ3n) is 4.46. The van der Waals surface area contributed by atoms with Crippen LogP contribution < -0.4 is 5.32 Å². The van der Waals surface area contributed by atoms with Gasteiger partial charge in [-0.1, -0.05) is 18.6 Å². The van der Waals surface area contributed by atoms with Gasteiger partial charge in [-0.25, -0.2) is 0 Å². The Morgan fingerprint density at radius 2 is 2.12 bits per heavy atom. The van der Waals surface area contributed by atoms with Crippen LogP contribution in [0.4, 0.5) is 0 Å². The van der Waals surface area contributed by atoms with E-state index in [0.29, 0.717) is 0 Å². The highest BCUT2D eigenvalue weighted by molar-refractivity contribution is 4.94. The molecule has 0 aromatic heterocycles. The van der Waals surface area contributed by atoms with Crippen LogP contribution >= 0.6 is 0 Å². The molecule has 2 saturated carbocycles. The number of hydrogen-bond donors (Lipinski definition) is 1. The Bertz CT molecular complexity index is 239. The molecule has 2 nitrogen and oxygen atoms in total. The monoisotopic (exact) mass is 237 g/mol. The Labute approximate surface area is 106 Å². The fraction of sp³-hybridized carbons (Fsp3) is 0.867. The Morgan fingerprint density at radius 3 is 2.82 bits per heavy atom. The van der Waals surface area contributed by atoms with E-state index in [1.54, 1.807) is 7.11 Å². The van der Waals surface area contributed by atoms with Gasteiger partial charge < -0.3 is 10.1 Å². The lowest BCUT2D eigenvalue weighted by atomic mass is 9.86. The summed E-state index contributed by atoms with van der Waals surface area (Å²) in [5.41, 5.74) is 0. The molecule has 0 radical (unpaired) electrons. The van der Waals surface area contributed by atoms with Crippen molar-refractivity contribution >= 4 is 0 Å². The average Bonchev–Trinajstić information content (AvgIpc) is 2.94. The highest BCUT2D eigenvalue weighted by atomic mass is 16.5. The summed E-state index contributed by atoms with van der Waals surface area (Å²) >= 11 is 0. The fourth-order valence-corrected chi connectivity index (χ4v) is 3.54. The molecule has 0 aromatic carbocycles. The van der Waals surface area contributed by atoms with Gasteiger partial charge >= 0.3 is 0 Å². The van der Waals surface area contributed by atoms with E-state index >= 15 is 0 Å². The third kappa shape index (κ3) is 4.11. The molecule has 3 unspecified atom stereocenters. The van der Waals surface area contributed by atoms with Gasteiger partial charge in [0.1, 0.15) is 0 Å². The minimum Gasteiger partial charge on any atom is -0.383 e. The summed E-state index contributed by atoms with van der Waals surface area (Å²) in [7, 11) is 1.75. The number of hydrogen-bond acceptors (Lipinski definition) is 2. The lowest BCUT2D eigenvalue weighted by Gasteiger charge is -2.19. The molecule has 0 heterocycles. The zero-order chi connectivity index (χ0) is 11.9. The summed E-state index contributed by atoms with van der Waals surface area (Å²) < 4.78 is 4.98. The quantitative estimate of drug-likeness (QED) is 0.517. The first-order valence-electron chi connectivity index (χ1n) is 7.24. The van der Waals surface area contributed by atoms with Crippen molar-refractivity contribution < 1.29 is 4.74 Å². The first-order valence-corrected chi connectivity index (χ1v) is 7.24. The third-order valence-corrected chi connectivity index (χ3v) is 4.46. The van der Waals surface area contributed by atoms with Gasteiger partial charge in [-0.3, -0.25) is 0 Å². The smallest absolute Gasteiger partial charge is 0.0587 e. The molecule has 2 fully saturated rings. The van der Waals surface area contributed by atoms with Gasteiger partial charge in [-0.05, 0) is 56.4 Å². The molecule has 0 amide bonds. The van der Waals surface area contributed by atoms with Gasteiger partial charge in [0.05, 0.1) is 6.61 Å². The molecule has 2 heteroatoms. The summed E-state index contributed by atoms with van der Waals surface area (Å²) in [5.74, 6) is 3.19. The van der Waals surface area contributed by atoms with Gasteiger partial charge in [-0.15, -0.1) is 0 Å². The molecule has 0 aromatic rings. The predicted molar refractivity (Wildman–Crippen MR) is 72.1 cm³/mol. The lowest BCUT2D eigenvalue weighted by molar-refractivity contribution is 0.199. The minimum atomic E-state index is 0.814. The van der Waals surface area contributed by atoms with E-state index in [1.165, 1.54) is 32.1 Å². The highest BCUT2D eigenvalue weighted by Gasteiger charge is 2.38. The van der Waals surface area contributed by atoms with Crippen molar-refractivity contribution in [2.75, 3.05) is 26.8 Å². The first kappa shape index (κ1) is 13.1. The molecular weight excluding hydrogens is 210 g/mol. The van der Waals surface area contributed by atoms with E-state index < -0.39 is 0 Å². The second kappa shape index (κ2) is 7.17.